The molecule has 0 fully saturated rings. The molecule has 0 unspecified atom stereocenters. The Kier molecular flexibility index (Phi) is 6.93. The Morgan fingerprint density at radius 3 is 2.50 bits per heavy atom. The fourth-order valence-electron chi connectivity index (χ4n) is 3.95. The van der Waals surface area contributed by atoms with Crippen LogP contribution in [-0.2, 0) is 9.53 Å². The van der Waals surface area contributed by atoms with Gasteiger partial charge in [-0.05, 0) is 56.9 Å². The fraction of sp³-hybridized carbons (Fsp3) is 0.333. The van der Waals surface area contributed by atoms with Crippen LogP contribution in [0.5, 0.6) is 0 Å². The smallest absolute Gasteiger partial charge is 0.314 e. The van der Waals surface area contributed by atoms with Crippen molar-refractivity contribution in [2.75, 3.05) is 6.61 Å². The number of carbonyl (C=O) groups excluding carboxylic acids is 2. The Labute approximate surface area is 181 Å². The molecule has 0 heterocycles. The molecule has 2 aromatic rings. The number of amides is 1. The molecule has 30 heavy (non-hydrogen) atoms. The number of esters is 1. The van der Waals surface area contributed by atoms with Gasteiger partial charge in [-0.3, -0.25) is 9.59 Å². The monoisotopic (exact) mass is 429 g/mol. The number of hydrogen-bond donors (Lipinski definition) is 1. The molecule has 0 spiro atoms. The van der Waals surface area contributed by atoms with E-state index in [0.29, 0.717) is 13.0 Å². The van der Waals surface area contributed by atoms with E-state index >= 15 is 0 Å². The van der Waals surface area contributed by atoms with E-state index in [2.05, 4.69) is 11.4 Å². The molecule has 3 atom stereocenters. The maximum Gasteiger partial charge on any atom is 0.314 e. The van der Waals surface area contributed by atoms with Gasteiger partial charge in [0, 0.05) is 11.6 Å². The molecular formula is C24H25ClFNO3. The number of aryl methyl sites for hydroxylation is 2. The van der Waals surface area contributed by atoms with Gasteiger partial charge in [-0.2, -0.15) is 0 Å². The van der Waals surface area contributed by atoms with Gasteiger partial charge in [0.05, 0.1) is 17.5 Å². The third-order valence-electron chi connectivity index (χ3n) is 5.19. The van der Waals surface area contributed by atoms with Gasteiger partial charge >= 0.3 is 5.97 Å². The number of hydrogen-bond acceptors (Lipinski definition) is 3. The van der Waals surface area contributed by atoms with Crippen LogP contribution in [-0.4, -0.2) is 24.5 Å². The summed E-state index contributed by atoms with van der Waals surface area (Å²) in [6.45, 7) is 6.10. The molecule has 0 bridgehead atoms. The number of ether oxygens (including phenoxy) is 1. The Morgan fingerprint density at radius 1 is 1.17 bits per heavy atom. The first-order chi connectivity index (χ1) is 14.3. The van der Waals surface area contributed by atoms with Crippen LogP contribution < -0.4 is 5.32 Å². The Morgan fingerprint density at radius 2 is 1.87 bits per heavy atom. The third-order valence-corrected chi connectivity index (χ3v) is 5.48. The molecule has 0 saturated heterocycles. The van der Waals surface area contributed by atoms with Crippen LogP contribution in [0.4, 0.5) is 4.39 Å². The highest BCUT2D eigenvalue weighted by Crippen LogP contribution is 2.35. The van der Waals surface area contributed by atoms with Gasteiger partial charge in [-0.25, -0.2) is 4.39 Å². The zero-order valence-electron chi connectivity index (χ0n) is 17.2. The van der Waals surface area contributed by atoms with Crippen molar-refractivity contribution in [3.05, 3.63) is 81.6 Å². The molecule has 0 saturated carbocycles. The number of rotatable bonds is 6. The minimum atomic E-state index is -0.570. The van der Waals surface area contributed by atoms with E-state index in [1.54, 1.807) is 6.92 Å². The summed E-state index contributed by atoms with van der Waals surface area (Å²) in [7, 11) is 0. The first-order valence-electron chi connectivity index (χ1n) is 9.97. The molecule has 0 aliphatic heterocycles. The standard InChI is InChI=1S/C24H25ClFNO3/c1-4-30-24(29)22(18-10-14(2)9-15(3)11-18)16-5-7-19(12-16)27-23(28)17-6-8-21(26)20(25)13-17/h5-11,13,16,19,22H,4,12H2,1-3H3,(H,27,28)/t16-,19-,22-/m0/s1. The predicted molar refractivity (Wildman–Crippen MR) is 115 cm³/mol. The second-order valence-corrected chi connectivity index (χ2v) is 8.05. The number of carbonyl (C=O) groups is 2. The first-order valence-corrected chi connectivity index (χ1v) is 10.4. The van der Waals surface area contributed by atoms with Crippen molar-refractivity contribution in [1.29, 1.82) is 0 Å². The van der Waals surface area contributed by atoms with Crippen LogP contribution in [0.2, 0.25) is 5.02 Å². The van der Waals surface area contributed by atoms with Crippen molar-refractivity contribution in [1.82, 2.24) is 5.32 Å². The molecule has 1 aliphatic carbocycles. The highest BCUT2D eigenvalue weighted by molar-refractivity contribution is 6.31. The normalized spacial score (nSPS) is 18.8. The van der Waals surface area contributed by atoms with Crippen LogP contribution in [0.3, 0.4) is 0 Å². The van der Waals surface area contributed by atoms with Gasteiger partial charge in [0.2, 0.25) is 0 Å². The van der Waals surface area contributed by atoms with Crippen LogP contribution in [0.15, 0.2) is 48.6 Å². The van der Waals surface area contributed by atoms with E-state index in [9.17, 15) is 14.0 Å². The zero-order valence-corrected chi connectivity index (χ0v) is 18.0. The summed E-state index contributed by atoms with van der Waals surface area (Å²) >= 11 is 5.78. The Bertz CT molecular complexity index is 968. The topological polar surface area (TPSA) is 55.4 Å². The molecular weight excluding hydrogens is 405 g/mol. The van der Waals surface area contributed by atoms with E-state index in [4.69, 9.17) is 16.3 Å². The van der Waals surface area contributed by atoms with E-state index in [1.165, 1.54) is 18.2 Å². The van der Waals surface area contributed by atoms with Gasteiger partial charge in [0.1, 0.15) is 5.82 Å². The molecule has 3 rings (SSSR count). The molecule has 0 radical (unpaired) electrons. The van der Waals surface area contributed by atoms with Crippen molar-refractivity contribution in [2.45, 2.75) is 39.2 Å². The average Bonchev–Trinajstić information content (AvgIpc) is 3.11. The van der Waals surface area contributed by atoms with Crippen molar-refractivity contribution in [3.8, 4) is 0 Å². The molecule has 2 aromatic carbocycles. The van der Waals surface area contributed by atoms with Crippen LogP contribution >= 0.6 is 11.6 Å². The van der Waals surface area contributed by atoms with Crippen molar-refractivity contribution in [2.24, 2.45) is 5.92 Å². The minimum Gasteiger partial charge on any atom is -0.466 e. The van der Waals surface area contributed by atoms with E-state index in [0.717, 1.165) is 16.7 Å². The number of nitrogens with one attached hydrogen (secondary N) is 1. The largest absolute Gasteiger partial charge is 0.466 e. The number of halogens is 2. The Balaban J connectivity index is 1.76. The van der Waals surface area contributed by atoms with Crippen LogP contribution in [0.1, 0.15) is 46.3 Å². The molecule has 4 nitrogen and oxygen atoms in total. The Hall–Kier alpha value is -2.66. The first kappa shape index (κ1) is 22.0. The lowest BCUT2D eigenvalue weighted by Gasteiger charge is -2.23. The molecule has 1 aliphatic rings. The second kappa shape index (κ2) is 9.43. The number of allylic oxidation sites excluding steroid dienone is 1. The summed E-state index contributed by atoms with van der Waals surface area (Å²) in [5.41, 5.74) is 3.37. The van der Waals surface area contributed by atoms with Crippen molar-refractivity contribution in [3.63, 3.8) is 0 Å². The highest BCUT2D eigenvalue weighted by Gasteiger charge is 2.34. The lowest BCUT2D eigenvalue weighted by atomic mass is 9.84. The summed E-state index contributed by atoms with van der Waals surface area (Å²) in [5, 5.41) is 2.82. The molecule has 1 amide bonds. The van der Waals surface area contributed by atoms with E-state index in [-0.39, 0.29) is 34.4 Å². The summed E-state index contributed by atoms with van der Waals surface area (Å²) in [6, 6.07) is 9.70. The highest BCUT2D eigenvalue weighted by atomic mass is 35.5. The summed E-state index contributed by atoms with van der Waals surface area (Å²) < 4.78 is 18.7. The van der Waals surface area contributed by atoms with Gasteiger partial charge in [-0.15, -0.1) is 0 Å². The van der Waals surface area contributed by atoms with Gasteiger partial charge in [0.15, 0.2) is 0 Å². The van der Waals surface area contributed by atoms with Crippen LogP contribution in [0, 0.1) is 25.6 Å². The van der Waals surface area contributed by atoms with E-state index < -0.39 is 11.7 Å². The van der Waals surface area contributed by atoms with E-state index in [1.807, 2.05) is 38.1 Å². The summed E-state index contributed by atoms with van der Waals surface area (Å²) in [4.78, 5) is 25.3. The summed E-state index contributed by atoms with van der Waals surface area (Å²) in [5.74, 6) is -1.73. The maximum atomic E-state index is 13.3. The predicted octanol–water partition coefficient (Wildman–Crippen LogP) is 5.12. The quantitative estimate of drug-likeness (QED) is 0.512. The maximum absolute atomic E-state index is 13.3. The lowest BCUT2D eigenvalue weighted by Crippen LogP contribution is -2.34. The van der Waals surface area contributed by atoms with Gasteiger partial charge in [0.25, 0.3) is 5.91 Å². The second-order valence-electron chi connectivity index (χ2n) is 7.64. The average molecular weight is 430 g/mol. The lowest BCUT2D eigenvalue weighted by molar-refractivity contribution is -0.146. The van der Waals surface area contributed by atoms with Gasteiger partial charge < -0.3 is 10.1 Å². The fourth-order valence-corrected chi connectivity index (χ4v) is 4.13. The van der Waals surface area contributed by atoms with Gasteiger partial charge in [-0.1, -0.05) is 53.1 Å². The molecule has 6 heteroatoms. The SMILES string of the molecule is CCOC(=O)[C@H](c1cc(C)cc(C)c1)[C@H]1C=C[C@H](NC(=O)c2ccc(F)c(Cl)c2)C1. The molecule has 1 N–H and O–H groups in total. The summed E-state index contributed by atoms with van der Waals surface area (Å²) in [6.07, 6.45) is 4.42. The number of benzene rings is 2. The van der Waals surface area contributed by atoms with Crippen LogP contribution in [0.25, 0.3) is 0 Å². The minimum absolute atomic E-state index is 0.0975. The van der Waals surface area contributed by atoms with Crippen molar-refractivity contribution >= 4 is 23.5 Å². The van der Waals surface area contributed by atoms with Crippen molar-refractivity contribution < 1.29 is 18.7 Å². The third kappa shape index (κ3) is 5.08. The molecule has 158 valence electrons. The molecule has 0 aromatic heterocycles. The zero-order chi connectivity index (χ0) is 21.8.